The van der Waals surface area contributed by atoms with Crippen LogP contribution >= 0.6 is 0 Å². The SMILES string of the molecule is CCCCCNC(=O)c1cc(NCc2ccc(OC)c(OC)c2)ccn1. The second kappa shape index (κ2) is 10.3. The van der Waals surface area contributed by atoms with Gasteiger partial charge in [0.05, 0.1) is 14.2 Å². The third kappa shape index (κ3) is 5.65. The smallest absolute Gasteiger partial charge is 0.269 e. The van der Waals surface area contributed by atoms with E-state index in [1.54, 1.807) is 26.5 Å². The van der Waals surface area contributed by atoms with Crippen LogP contribution in [0.1, 0.15) is 42.2 Å². The lowest BCUT2D eigenvalue weighted by atomic mass is 10.2. The summed E-state index contributed by atoms with van der Waals surface area (Å²) in [4.78, 5) is 16.3. The van der Waals surface area contributed by atoms with E-state index in [9.17, 15) is 4.79 Å². The Morgan fingerprint density at radius 3 is 2.62 bits per heavy atom. The Hall–Kier alpha value is -2.76. The van der Waals surface area contributed by atoms with Gasteiger partial charge in [-0.3, -0.25) is 9.78 Å². The maximum absolute atomic E-state index is 12.2. The number of benzene rings is 1. The van der Waals surface area contributed by atoms with E-state index in [1.807, 2.05) is 24.3 Å². The van der Waals surface area contributed by atoms with Crippen LogP contribution in [-0.2, 0) is 6.54 Å². The predicted molar refractivity (Wildman–Crippen MR) is 103 cm³/mol. The maximum atomic E-state index is 12.2. The second-order valence-corrected chi connectivity index (χ2v) is 5.94. The van der Waals surface area contributed by atoms with Crippen molar-refractivity contribution in [2.24, 2.45) is 0 Å². The highest BCUT2D eigenvalue weighted by atomic mass is 16.5. The molecule has 26 heavy (non-hydrogen) atoms. The van der Waals surface area contributed by atoms with Crippen molar-refractivity contribution < 1.29 is 14.3 Å². The summed E-state index contributed by atoms with van der Waals surface area (Å²) in [6.45, 7) is 3.41. The molecule has 2 N–H and O–H groups in total. The van der Waals surface area contributed by atoms with Gasteiger partial charge in [0.1, 0.15) is 5.69 Å². The molecule has 0 atom stereocenters. The zero-order chi connectivity index (χ0) is 18.8. The van der Waals surface area contributed by atoms with Crippen LogP contribution in [-0.4, -0.2) is 31.7 Å². The summed E-state index contributed by atoms with van der Waals surface area (Å²) in [6.07, 6.45) is 4.86. The minimum absolute atomic E-state index is 0.143. The molecule has 1 heterocycles. The molecular weight excluding hydrogens is 330 g/mol. The van der Waals surface area contributed by atoms with Crippen molar-refractivity contribution in [3.05, 3.63) is 47.8 Å². The van der Waals surface area contributed by atoms with E-state index in [0.717, 1.165) is 30.5 Å². The molecule has 6 nitrogen and oxygen atoms in total. The summed E-state index contributed by atoms with van der Waals surface area (Å²) in [5, 5.41) is 6.21. The molecule has 0 aliphatic carbocycles. The topological polar surface area (TPSA) is 72.5 Å². The summed E-state index contributed by atoms with van der Waals surface area (Å²) in [5.41, 5.74) is 2.30. The molecule has 6 heteroatoms. The third-order valence-corrected chi connectivity index (χ3v) is 4.00. The van der Waals surface area contributed by atoms with Crippen molar-refractivity contribution in [3.8, 4) is 11.5 Å². The molecule has 2 aromatic rings. The molecule has 2 rings (SSSR count). The number of pyridine rings is 1. The van der Waals surface area contributed by atoms with Gasteiger partial charge in [0.25, 0.3) is 5.91 Å². The summed E-state index contributed by atoms with van der Waals surface area (Å²) >= 11 is 0. The Labute approximate surface area is 154 Å². The average Bonchev–Trinajstić information content (AvgIpc) is 2.69. The molecule has 0 bridgehead atoms. The maximum Gasteiger partial charge on any atom is 0.269 e. The van der Waals surface area contributed by atoms with Crippen molar-refractivity contribution in [2.75, 3.05) is 26.1 Å². The number of nitrogens with zero attached hydrogens (tertiary/aromatic N) is 1. The number of ether oxygens (including phenoxy) is 2. The van der Waals surface area contributed by atoms with Gasteiger partial charge < -0.3 is 20.1 Å². The van der Waals surface area contributed by atoms with Crippen molar-refractivity contribution in [1.29, 1.82) is 0 Å². The van der Waals surface area contributed by atoms with Crippen LogP contribution in [0.3, 0.4) is 0 Å². The Kier molecular flexibility index (Phi) is 7.74. The fourth-order valence-electron chi connectivity index (χ4n) is 2.53. The molecule has 0 aliphatic rings. The van der Waals surface area contributed by atoms with Crippen LogP contribution in [0.25, 0.3) is 0 Å². The van der Waals surface area contributed by atoms with E-state index in [4.69, 9.17) is 9.47 Å². The van der Waals surface area contributed by atoms with E-state index < -0.39 is 0 Å². The first-order chi connectivity index (χ1) is 12.7. The van der Waals surface area contributed by atoms with Gasteiger partial charge in [-0.2, -0.15) is 0 Å². The van der Waals surface area contributed by atoms with E-state index in [2.05, 4.69) is 22.5 Å². The summed E-state index contributed by atoms with van der Waals surface area (Å²) < 4.78 is 10.6. The van der Waals surface area contributed by atoms with Crippen molar-refractivity contribution in [1.82, 2.24) is 10.3 Å². The molecule has 0 spiro atoms. The van der Waals surface area contributed by atoms with Crippen molar-refractivity contribution in [3.63, 3.8) is 0 Å². The fourth-order valence-corrected chi connectivity index (χ4v) is 2.53. The van der Waals surface area contributed by atoms with Crippen LogP contribution < -0.4 is 20.1 Å². The van der Waals surface area contributed by atoms with Gasteiger partial charge in [0.15, 0.2) is 11.5 Å². The van der Waals surface area contributed by atoms with Crippen LogP contribution in [0.15, 0.2) is 36.5 Å². The van der Waals surface area contributed by atoms with Gasteiger partial charge in [-0.1, -0.05) is 25.8 Å². The molecule has 0 radical (unpaired) electrons. The number of amides is 1. The summed E-state index contributed by atoms with van der Waals surface area (Å²) in [7, 11) is 3.23. The number of carbonyl (C=O) groups excluding carboxylic acids is 1. The average molecular weight is 357 g/mol. The first kappa shape index (κ1) is 19.6. The highest BCUT2D eigenvalue weighted by Crippen LogP contribution is 2.27. The molecule has 0 saturated carbocycles. The molecule has 1 aromatic carbocycles. The summed E-state index contributed by atoms with van der Waals surface area (Å²) in [5.74, 6) is 1.24. The van der Waals surface area contributed by atoms with Gasteiger partial charge >= 0.3 is 0 Å². The largest absolute Gasteiger partial charge is 0.493 e. The molecule has 0 aliphatic heterocycles. The Morgan fingerprint density at radius 2 is 1.88 bits per heavy atom. The molecule has 0 unspecified atom stereocenters. The highest BCUT2D eigenvalue weighted by molar-refractivity contribution is 5.93. The van der Waals surface area contributed by atoms with Crippen LogP contribution in [0.2, 0.25) is 0 Å². The number of rotatable bonds is 10. The van der Waals surface area contributed by atoms with Crippen LogP contribution in [0.4, 0.5) is 5.69 Å². The first-order valence-corrected chi connectivity index (χ1v) is 8.87. The number of aromatic nitrogens is 1. The minimum atomic E-state index is -0.143. The fraction of sp³-hybridized carbons (Fsp3) is 0.400. The Balaban J connectivity index is 1.95. The first-order valence-electron chi connectivity index (χ1n) is 8.87. The Bertz CT molecular complexity index is 719. The number of anilines is 1. The molecule has 0 saturated heterocycles. The molecule has 0 fully saturated rings. The number of hydrogen-bond donors (Lipinski definition) is 2. The number of nitrogens with one attached hydrogen (secondary N) is 2. The molecule has 1 amide bonds. The molecule has 1 aromatic heterocycles. The normalized spacial score (nSPS) is 10.3. The lowest BCUT2D eigenvalue weighted by Crippen LogP contribution is -2.25. The van der Waals surface area contributed by atoms with Gasteiger partial charge in [0, 0.05) is 25.0 Å². The van der Waals surface area contributed by atoms with Gasteiger partial charge in [0.2, 0.25) is 0 Å². The second-order valence-electron chi connectivity index (χ2n) is 5.94. The Morgan fingerprint density at radius 1 is 1.08 bits per heavy atom. The number of unbranched alkanes of at least 4 members (excludes halogenated alkanes) is 2. The van der Waals surface area contributed by atoms with E-state index in [0.29, 0.717) is 30.3 Å². The monoisotopic (exact) mass is 357 g/mol. The zero-order valence-corrected chi connectivity index (χ0v) is 15.7. The van der Waals surface area contributed by atoms with E-state index in [-0.39, 0.29) is 5.91 Å². The van der Waals surface area contributed by atoms with E-state index in [1.165, 1.54) is 0 Å². The predicted octanol–water partition coefficient (Wildman–Crippen LogP) is 3.63. The molecule has 140 valence electrons. The highest BCUT2D eigenvalue weighted by Gasteiger charge is 2.08. The van der Waals surface area contributed by atoms with Crippen LogP contribution in [0.5, 0.6) is 11.5 Å². The number of methoxy groups -OCH3 is 2. The van der Waals surface area contributed by atoms with Crippen molar-refractivity contribution >= 4 is 11.6 Å². The lowest BCUT2D eigenvalue weighted by molar-refractivity contribution is 0.0948. The summed E-state index contributed by atoms with van der Waals surface area (Å²) in [6, 6.07) is 9.37. The standard InChI is InChI=1S/C20H27N3O3/c1-4-5-6-10-22-20(24)17-13-16(9-11-21-17)23-14-15-7-8-18(25-2)19(12-15)26-3/h7-9,11-13H,4-6,10,14H2,1-3H3,(H,21,23)(H,22,24). The third-order valence-electron chi connectivity index (χ3n) is 4.00. The molecular formula is C20H27N3O3. The zero-order valence-electron chi connectivity index (χ0n) is 15.7. The quantitative estimate of drug-likeness (QED) is 0.635. The van der Waals surface area contributed by atoms with Gasteiger partial charge in [-0.15, -0.1) is 0 Å². The van der Waals surface area contributed by atoms with Crippen molar-refractivity contribution in [2.45, 2.75) is 32.7 Å². The minimum Gasteiger partial charge on any atom is -0.493 e. The van der Waals surface area contributed by atoms with Gasteiger partial charge in [-0.25, -0.2) is 0 Å². The van der Waals surface area contributed by atoms with Gasteiger partial charge in [-0.05, 0) is 36.2 Å². The van der Waals surface area contributed by atoms with E-state index >= 15 is 0 Å². The number of hydrogen-bond acceptors (Lipinski definition) is 5. The number of carbonyl (C=O) groups is 1. The van der Waals surface area contributed by atoms with Crippen LogP contribution in [0, 0.1) is 0 Å². The lowest BCUT2D eigenvalue weighted by Gasteiger charge is -2.11.